The molecule has 12 aromatic carbocycles. The van der Waals surface area contributed by atoms with Gasteiger partial charge in [-0.15, -0.1) is 0 Å². The average Bonchev–Trinajstić information content (AvgIpc) is 0.706. The smallest absolute Gasteiger partial charge is 0.229 e. The number of halogens is 42. The first kappa shape index (κ1) is 79.7. The third-order valence-electron chi connectivity index (χ3n) is 16.1. The number of nitrogens with zero attached hydrogens (tertiary/aromatic N) is 2. The number of rotatable bonds is 6. The number of nitrogens with one attached hydrogen (secondary N) is 1. The van der Waals surface area contributed by atoms with Crippen LogP contribution in [0.2, 0.25) is 0 Å². The number of hydrogen-bond donors (Lipinski definition) is 1. The van der Waals surface area contributed by atoms with E-state index >= 15 is 79.0 Å². The van der Waals surface area contributed by atoms with Gasteiger partial charge in [0.25, 0.3) is 13.4 Å². The molecule has 109 heavy (non-hydrogen) atoms. The molecular formula is C62HB2F42N3. The zero-order valence-corrected chi connectivity index (χ0v) is 49.4. The lowest BCUT2D eigenvalue weighted by atomic mass is 9.35. The van der Waals surface area contributed by atoms with Gasteiger partial charge in [-0.1, -0.05) is 0 Å². The number of hydrogen-bond acceptors (Lipinski definition) is 3. The molecule has 0 aromatic heterocycles. The van der Waals surface area contributed by atoms with Crippen LogP contribution in [0.25, 0.3) is 64.6 Å². The summed E-state index contributed by atoms with van der Waals surface area (Å²) in [6.07, 6.45) is 2.81. The van der Waals surface area contributed by atoms with Gasteiger partial charge in [-0.05, 0) is 0 Å². The minimum atomic E-state index is -4.40. The van der Waals surface area contributed by atoms with E-state index in [9.17, 15) is 105 Å². The van der Waals surface area contributed by atoms with Gasteiger partial charge in [0.05, 0.1) is 64.6 Å². The summed E-state index contributed by atoms with van der Waals surface area (Å²) in [6.45, 7) is -8.81. The molecule has 1 N–H and O–H groups in total. The van der Waals surface area contributed by atoms with Crippen molar-refractivity contribution in [2.24, 2.45) is 0 Å². The Labute approximate surface area is 566 Å². The second kappa shape index (κ2) is 27.7. The monoisotopic (exact) mass is 1610 g/mol. The normalized spacial score (nSPS) is 11.6. The molecule has 12 aromatic rings. The molecule has 0 fully saturated rings. The quantitative estimate of drug-likeness (QED) is 0.0451. The lowest BCUT2D eigenvalue weighted by Crippen LogP contribution is -2.60. The molecule has 0 saturated carbocycles. The largest absolute Gasteiger partial charge is 0.264 e. The van der Waals surface area contributed by atoms with Crippen LogP contribution in [0, 0.1) is 267 Å². The van der Waals surface area contributed by atoms with Gasteiger partial charge in [-0.2, -0.15) is 10.5 Å². The Bertz CT molecular complexity index is 5340. The summed E-state index contributed by atoms with van der Waals surface area (Å²) in [6, 6.07) is 0. The topological polar surface area (TPSA) is 59.6 Å². The second-order valence-corrected chi connectivity index (χ2v) is 21.4. The standard InChI is InChI=1S/2C30BF21.C2HN3/c2*32-10-1-4(19(41)28(50)25(47)16(1)38)13(35)22(44)7(10)31(8-11(33)2-5(14(36)23(8)45)20(42)29(51)26(48)17(2)39)9-12(34)3-6(15(37)24(9)46)21(43)30(52)27(49)18(3)40;3-1-5-2-4/h;;5H. The van der Waals surface area contributed by atoms with Gasteiger partial charge in [0.2, 0.25) is 0 Å². The van der Waals surface area contributed by atoms with Gasteiger partial charge in [0, 0.05) is 32.8 Å². The second-order valence-electron chi connectivity index (χ2n) is 21.4. The predicted molar refractivity (Wildman–Crippen MR) is 286 cm³/mol. The molecule has 47 heteroatoms. The van der Waals surface area contributed by atoms with Gasteiger partial charge in [-0.3, -0.25) is 0 Å². The Morgan fingerprint density at radius 1 is 0.128 bits per heavy atom. The van der Waals surface area contributed by atoms with E-state index in [1.165, 1.54) is 12.4 Å². The number of nitriles is 2. The first-order valence-corrected chi connectivity index (χ1v) is 27.1. The summed E-state index contributed by atoms with van der Waals surface area (Å²) < 4.78 is 627. The summed E-state index contributed by atoms with van der Waals surface area (Å²) in [4.78, 5) is 0. The van der Waals surface area contributed by atoms with Crippen LogP contribution >= 0.6 is 0 Å². The highest BCUT2D eigenvalue weighted by molar-refractivity contribution is 6.97. The Hall–Kier alpha value is -11.8. The fourth-order valence-corrected chi connectivity index (χ4v) is 11.4. The van der Waals surface area contributed by atoms with E-state index in [0.29, 0.717) is 0 Å². The zero-order chi connectivity index (χ0) is 81.9. The minimum Gasteiger partial charge on any atom is -0.229 e. The van der Waals surface area contributed by atoms with Crippen LogP contribution in [0.1, 0.15) is 0 Å². The Morgan fingerprint density at radius 3 is 0.294 bits per heavy atom. The van der Waals surface area contributed by atoms with Crippen LogP contribution in [-0.2, 0) is 0 Å². The van der Waals surface area contributed by atoms with Crippen molar-refractivity contribution in [3.8, 4) is 12.4 Å². The maximum absolute atomic E-state index is 16.1. The fraction of sp³-hybridized carbons (Fsp3) is 0. The van der Waals surface area contributed by atoms with Crippen LogP contribution in [0.15, 0.2) is 0 Å². The molecule has 12 rings (SSSR count). The maximum atomic E-state index is 16.1. The first-order chi connectivity index (χ1) is 50.7. The highest BCUT2D eigenvalue weighted by atomic mass is 19.2. The molecule has 0 atom stereocenters. The molecule has 0 aliphatic carbocycles. The van der Waals surface area contributed by atoms with Crippen molar-refractivity contribution >= 4 is 111 Å². The number of fused-ring (bicyclic) bond motifs is 6. The van der Waals surface area contributed by atoms with Crippen molar-refractivity contribution in [1.82, 2.24) is 5.32 Å². The molecule has 0 amide bonds. The van der Waals surface area contributed by atoms with Gasteiger partial charge in [0.15, 0.2) is 222 Å². The van der Waals surface area contributed by atoms with E-state index in [1.807, 2.05) is 0 Å². The molecule has 0 unspecified atom stereocenters. The lowest BCUT2D eigenvalue weighted by molar-refractivity contribution is 0.412. The highest BCUT2D eigenvalue weighted by Gasteiger charge is 2.49. The Morgan fingerprint density at radius 2 is 0.211 bits per heavy atom. The van der Waals surface area contributed by atoms with Crippen molar-refractivity contribution in [3.63, 3.8) is 0 Å². The van der Waals surface area contributed by atoms with Crippen LogP contribution in [0.4, 0.5) is 184 Å². The highest BCUT2D eigenvalue weighted by Crippen LogP contribution is 2.41. The van der Waals surface area contributed by atoms with E-state index in [2.05, 4.69) is 0 Å². The maximum Gasteiger partial charge on any atom is 0.264 e. The van der Waals surface area contributed by atoms with Gasteiger partial charge in [0.1, 0.15) is 34.9 Å². The molecule has 0 heterocycles. The molecule has 0 bridgehead atoms. The average molecular weight is 1610 g/mol. The van der Waals surface area contributed by atoms with Crippen molar-refractivity contribution < 1.29 is 184 Å². The molecule has 0 spiro atoms. The molecule has 0 aliphatic rings. The van der Waals surface area contributed by atoms with Crippen molar-refractivity contribution in [2.45, 2.75) is 0 Å². The summed E-state index contributed by atoms with van der Waals surface area (Å²) >= 11 is 0. The van der Waals surface area contributed by atoms with Crippen LogP contribution < -0.4 is 38.1 Å². The van der Waals surface area contributed by atoms with Crippen molar-refractivity contribution in [2.75, 3.05) is 0 Å². The predicted octanol–water partition coefficient (Wildman–Crippen LogP) is 16.7. The van der Waals surface area contributed by atoms with E-state index in [0.717, 1.165) is 0 Å². The lowest BCUT2D eigenvalue weighted by Gasteiger charge is -2.23. The summed E-state index contributed by atoms with van der Waals surface area (Å²) in [5.41, 5.74) is -17.8. The van der Waals surface area contributed by atoms with Crippen molar-refractivity contribution in [3.05, 3.63) is 244 Å². The van der Waals surface area contributed by atoms with Crippen LogP contribution in [-0.4, -0.2) is 13.4 Å². The third kappa shape index (κ3) is 11.0. The SMILES string of the molecule is Fc1c(F)c(F)c2c(F)c(B(c3c(F)c(F)c4c(F)c(F)c(F)c(F)c4c3F)c3c(F)c(F)c4c(F)c(F)c(F)c(F)c4c3F)c(F)c(F)c2c1F.Fc1c(F)c(F)c2c(F)c(B(c3c(F)c(F)c4c(F)c(F)c(F)c(F)c4c3F)c3c(F)c(F)c4c(F)c(F)c(F)c(F)c4c3F)c(F)c(F)c2c1F.N#CNC#N. The van der Waals surface area contributed by atoms with Crippen molar-refractivity contribution in [1.29, 1.82) is 10.5 Å². The molecule has 0 radical (unpaired) electrons. The summed E-state index contributed by atoms with van der Waals surface area (Å²) in [5.74, 6) is -130. The first-order valence-electron chi connectivity index (χ1n) is 27.1. The van der Waals surface area contributed by atoms with Gasteiger partial charge >= 0.3 is 0 Å². The van der Waals surface area contributed by atoms with E-state index in [4.69, 9.17) is 10.5 Å². The molecule has 3 nitrogen and oxygen atoms in total. The molecule has 564 valence electrons. The number of benzene rings is 12. The van der Waals surface area contributed by atoms with E-state index < -0.39 is 355 Å². The zero-order valence-electron chi connectivity index (χ0n) is 49.4. The van der Waals surface area contributed by atoms with Gasteiger partial charge in [-0.25, -0.2) is 190 Å². The summed E-state index contributed by atoms with van der Waals surface area (Å²) in [7, 11) is 0. The van der Waals surface area contributed by atoms with E-state index in [1.54, 1.807) is 5.32 Å². The van der Waals surface area contributed by atoms with Crippen LogP contribution in [0.5, 0.6) is 0 Å². The van der Waals surface area contributed by atoms with Gasteiger partial charge < -0.3 is 0 Å². The Kier molecular flexibility index (Phi) is 20.3. The Balaban J connectivity index is 0.000000219. The van der Waals surface area contributed by atoms with Crippen LogP contribution in [0.3, 0.4) is 0 Å². The molecule has 0 aliphatic heterocycles. The third-order valence-corrected chi connectivity index (χ3v) is 16.1. The minimum absolute atomic E-state index is 1.41. The van der Waals surface area contributed by atoms with E-state index in [-0.39, 0.29) is 0 Å². The molecular weight excluding hydrogens is 1610 g/mol. The molecule has 0 saturated heterocycles. The summed E-state index contributed by atoms with van der Waals surface area (Å²) in [5, 5.41) is -14.4. The fourth-order valence-electron chi connectivity index (χ4n) is 11.4.